The van der Waals surface area contributed by atoms with Gasteiger partial charge in [-0.15, -0.1) is 0 Å². The van der Waals surface area contributed by atoms with E-state index in [2.05, 4.69) is 38.1 Å². The lowest BCUT2D eigenvalue weighted by Crippen LogP contribution is -2.30. The third-order valence-corrected chi connectivity index (χ3v) is 4.96. The lowest BCUT2D eigenvalue weighted by atomic mass is 9.74. The highest BCUT2D eigenvalue weighted by atomic mass is 16.5. The van der Waals surface area contributed by atoms with E-state index in [0.29, 0.717) is 6.10 Å². The van der Waals surface area contributed by atoms with Gasteiger partial charge in [-0.2, -0.15) is 0 Å². The first-order valence-electron chi connectivity index (χ1n) is 7.48. The van der Waals surface area contributed by atoms with E-state index in [4.69, 9.17) is 4.74 Å². The van der Waals surface area contributed by atoms with Crippen LogP contribution in [0, 0.1) is 17.8 Å². The number of para-hydroxylation sites is 1. The predicted octanol–water partition coefficient (Wildman–Crippen LogP) is 4.45. The lowest BCUT2D eigenvalue weighted by molar-refractivity contribution is 0.103. The second kappa shape index (κ2) is 4.95. The Bertz CT molecular complexity index is 377. The van der Waals surface area contributed by atoms with E-state index >= 15 is 0 Å². The van der Waals surface area contributed by atoms with Crippen molar-refractivity contribution in [3.63, 3.8) is 0 Å². The molecule has 0 bridgehead atoms. The summed E-state index contributed by atoms with van der Waals surface area (Å²) in [5.74, 6) is 3.72. The molecule has 1 nitrogen and oxygen atoms in total. The van der Waals surface area contributed by atoms with Gasteiger partial charge in [0.25, 0.3) is 0 Å². The minimum Gasteiger partial charge on any atom is -0.490 e. The maximum atomic E-state index is 6.14. The maximum Gasteiger partial charge on any atom is 0.123 e. The Balaban J connectivity index is 1.60. The van der Waals surface area contributed by atoms with E-state index in [1.54, 1.807) is 0 Å². The van der Waals surface area contributed by atoms with E-state index in [1.165, 1.54) is 31.2 Å². The van der Waals surface area contributed by atoms with Crippen LogP contribution in [0.25, 0.3) is 0 Å². The molecule has 98 valence electrons. The number of hydrogen-bond acceptors (Lipinski definition) is 1. The summed E-state index contributed by atoms with van der Waals surface area (Å²) in [6.07, 6.45) is 7.11. The highest BCUT2D eigenvalue weighted by Crippen LogP contribution is 2.40. The quantitative estimate of drug-likeness (QED) is 0.746. The van der Waals surface area contributed by atoms with Crippen LogP contribution in [0.4, 0.5) is 0 Å². The molecule has 1 unspecified atom stereocenters. The van der Waals surface area contributed by atoms with Gasteiger partial charge >= 0.3 is 0 Å². The Morgan fingerprint density at radius 3 is 2.44 bits per heavy atom. The minimum absolute atomic E-state index is 0.454. The van der Waals surface area contributed by atoms with Crippen molar-refractivity contribution in [2.24, 2.45) is 17.8 Å². The van der Waals surface area contributed by atoms with Gasteiger partial charge in [-0.05, 0) is 55.1 Å². The molecule has 1 aromatic carbocycles. The van der Waals surface area contributed by atoms with Crippen molar-refractivity contribution in [2.45, 2.75) is 52.1 Å². The fourth-order valence-corrected chi connectivity index (χ4v) is 3.66. The van der Waals surface area contributed by atoms with Crippen molar-refractivity contribution in [2.75, 3.05) is 0 Å². The molecule has 0 N–H and O–H groups in total. The molecule has 3 rings (SSSR count). The number of fused-ring (bicyclic) bond motifs is 1. The minimum atomic E-state index is 0.454. The molecule has 1 aliphatic heterocycles. The van der Waals surface area contributed by atoms with E-state index < -0.39 is 0 Å². The average molecular weight is 244 g/mol. The highest BCUT2D eigenvalue weighted by Gasteiger charge is 2.33. The third kappa shape index (κ3) is 2.28. The van der Waals surface area contributed by atoms with Crippen LogP contribution in [0.15, 0.2) is 24.3 Å². The van der Waals surface area contributed by atoms with Gasteiger partial charge in [0, 0.05) is 6.42 Å². The van der Waals surface area contributed by atoms with Gasteiger partial charge < -0.3 is 4.74 Å². The summed E-state index contributed by atoms with van der Waals surface area (Å²) in [5.41, 5.74) is 1.41. The molecular weight excluding hydrogens is 220 g/mol. The van der Waals surface area contributed by atoms with Crippen molar-refractivity contribution < 1.29 is 4.74 Å². The fourth-order valence-electron chi connectivity index (χ4n) is 3.66. The molecular formula is C17H24O. The molecule has 1 heteroatoms. The second-order valence-electron chi connectivity index (χ2n) is 6.39. The van der Waals surface area contributed by atoms with Crippen molar-refractivity contribution in [3.05, 3.63) is 29.8 Å². The Morgan fingerprint density at radius 2 is 1.78 bits per heavy atom. The zero-order chi connectivity index (χ0) is 12.5. The van der Waals surface area contributed by atoms with Crippen LogP contribution in [-0.2, 0) is 6.42 Å². The second-order valence-corrected chi connectivity index (χ2v) is 6.39. The van der Waals surface area contributed by atoms with Crippen LogP contribution in [0.2, 0.25) is 0 Å². The molecule has 0 amide bonds. The summed E-state index contributed by atoms with van der Waals surface area (Å²) < 4.78 is 6.14. The fraction of sp³-hybridized carbons (Fsp3) is 0.647. The van der Waals surface area contributed by atoms with Crippen LogP contribution in [0.5, 0.6) is 5.75 Å². The number of hydrogen-bond donors (Lipinski definition) is 0. The highest BCUT2D eigenvalue weighted by molar-refractivity contribution is 5.37. The third-order valence-electron chi connectivity index (χ3n) is 4.96. The maximum absolute atomic E-state index is 6.14. The van der Waals surface area contributed by atoms with Gasteiger partial charge in [0.05, 0.1) is 0 Å². The monoisotopic (exact) mass is 244 g/mol. The van der Waals surface area contributed by atoms with Gasteiger partial charge in [0.15, 0.2) is 0 Å². The summed E-state index contributed by atoms with van der Waals surface area (Å²) in [4.78, 5) is 0. The van der Waals surface area contributed by atoms with Gasteiger partial charge in [-0.3, -0.25) is 0 Å². The normalized spacial score (nSPS) is 31.2. The predicted molar refractivity (Wildman–Crippen MR) is 74.8 cm³/mol. The standard InChI is InChI=1S/C17H24O/c1-12(2)13-7-9-14(10-8-13)17-11-15-5-3-4-6-16(15)18-17/h3-6,12-14,17H,7-11H2,1-2H3. The van der Waals surface area contributed by atoms with Gasteiger partial charge in [-0.25, -0.2) is 0 Å². The molecule has 1 saturated carbocycles. The summed E-state index contributed by atoms with van der Waals surface area (Å²) in [7, 11) is 0. The molecule has 1 aromatic rings. The zero-order valence-corrected chi connectivity index (χ0v) is 11.6. The van der Waals surface area contributed by atoms with Crippen LogP contribution < -0.4 is 4.74 Å². The first-order valence-corrected chi connectivity index (χ1v) is 7.48. The Hall–Kier alpha value is -0.980. The van der Waals surface area contributed by atoms with E-state index in [1.807, 2.05) is 0 Å². The molecule has 1 heterocycles. The van der Waals surface area contributed by atoms with Crippen LogP contribution in [0.3, 0.4) is 0 Å². The topological polar surface area (TPSA) is 9.23 Å². The Morgan fingerprint density at radius 1 is 1.06 bits per heavy atom. The van der Waals surface area contributed by atoms with Crippen LogP contribution >= 0.6 is 0 Å². The van der Waals surface area contributed by atoms with Gasteiger partial charge in [0.1, 0.15) is 11.9 Å². The summed E-state index contributed by atoms with van der Waals surface area (Å²) in [5, 5.41) is 0. The Kier molecular flexibility index (Phi) is 3.32. The number of ether oxygens (including phenoxy) is 1. The zero-order valence-electron chi connectivity index (χ0n) is 11.6. The first-order chi connectivity index (χ1) is 8.74. The molecule has 0 spiro atoms. The molecule has 0 saturated heterocycles. The van der Waals surface area contributed by atoms with E-state index in [-0.39, 0.29) is 0 Å². The van der Waals surface area contributed by atoms with Gasteiger partial charge in [-0.1, -0.05) is 32.0 Å². The average Bonchev–Trinajstić information content (AvgIpc) is 2.82. The molecule has 0 aromatic heterocycles. The molecule has 1 atom stereocenters. The molecule has 1 aliphatic carbocycles. The van der Waals surface area contributed by atoms with Crippen molar-refractivity contribution in [1.29, 1.82) is 0 Å². The summed E-state index contributed by atoms with van der Waals surface area (Å²) in [6, 6.07) is 8.54. The summed E-state index contributed by atoms with van der Waals surface area (Å²) >= 11 is 0. The van der Waals surface area contributed by atoms with Gasteiger partial charge in [0.2, 0.25) is 0 Å². The number of rotatable bonds is 2. The molecule has 2 aliphatic rings. The SMILES string of the molecule is CC(C)C1CCC(C2Cc3ccccc3O2)CC1. The van der Waals surface area contributed by atoms with E-state index in [0.717, 1.165) is 29.9 Å². The summed E-state index contributed by atoms with van der Waals surface area (Å²) in [6.45, 7) is 4.74. The number of benzene rings is 1. The molecule has 1 fully saturated rings. The smallest absolute Gasteiger partial charge is 0.123 e. The first kappa shape index (κ1) is 12.1. The van der Waals surface area contributed by atoms with Crippen LogP contribution in [0.1, 0.15) is 45.1 Å². The molecule has 0 radical (unpaired) electrons. The van der Waals surface area contributed by atoms with E-state index in [9.17, 15) is 0 Å². The molecule has 18 heavy (non-hydrogen) atoms. The van der Waals surface area contributed by atoms with Crippen molar-refractivity contribution in [1.82, 2.24) is 0 Å². The lowest BCUT2D eigenvalue weighted by Gasteiger charge is -2.33. The Labute approximate surface area is 111 Å². The van der Waals surface area contributed by atoms with Crippen LogP contribution in [-0.4, -0.2) is 6.10 Å². The van der Waals surface area contributed by atoms with Crippen molar-refractivity contribution >= 4 is 0 Å². The largest absolute Gasteiger partial charge is 0.490 e. The van der Waals surface area contributed by atoms with Crippen molar-refractivity contribution in [3.8, 4) is 5.75 Å².